The summed E-state index contributed by atoms with van der Waals surface area (Å²) < 4.78 is 5.02. The Hall–Kier alpha value is -0.640. The molecule has 14 heavy (non-hydrogen) atoms. The van der Waals surface area contributed by atoms with Gasteiger partial charge in [0.2, 0.25) is 0 Å². The molecular formula is C11H18O3. The monoisotopic (exact) mass is 198 g/mol. The third-order valence-electron chi connectivity index (χ3n) is 2.87. The summed E-state index contributed by atoms with van der Waals surface area (Å²) in [6, 6.07) is 0. The van der Waals surface area contributed by atoms with Gasteiger partial charge < -0.3 is 14.9 Å². The second-order valence-electron chi connectivity index (χ2n) is 4.07. The van der Waals surface area contributed by atoms with Crippen molar-refractivity contribution in [2.24, 2.45) is 0 Å². The highest BCUT2D eigenvalue weighted by molar-refractivity contribution is 5.43. The van der Waals surface area contributed by atoms with E-state index in [2.05, 4.69) is 6.58 Å². The lowest BCUT2D eigenvalue weighted by Gasteiger charge is -2.36. The Labute approximate surface area is 84.7 Å². The Balaban J connectivity index is 3.06. The largest absolute Gasteiger partial charge is 0.389 e. The molecule has 0 aromatic heterocycles. The third-order valence-corrected chi connectivity index (χ3v) is 2.87. The summed E-state index contributed by atoms with van der Waals surface area (Å²) in [6.07, 6.45) is -0.286. The highest BCUT2D eigenvalue weighted by Gasteiger charge is 2.36. The molecule has 1 rings (SSSR count). The first-order valence-corrected chi connectivity index (χ1v) is 4.69. The Kier molecular flexibility index (Phi) is 3.14. The maximum Gasteiger partial charge on any atom is 0.0894 e. The molecule has 0 amide bonds. The maximum atomic E-state index is 9.98. The van der Waals surface area contributed by atoms with Crippen LogP contribution in [0.25, 0.3) is 0 Å². The Morgan fingerprint density at radius 2 is 2.21 bits per heavy atom. The first kappa shape index (κ1) is 11.4. The first-order chi connectivity index (χ1) is 6.40. The summed E-state index contributed by atoms with van der Waals surface area (Å²) in [5, 5.41) is 19.7. The number of hydrogen-bond donors (Lipinski definition) is 2. The normalized spacial score (nSPS) is 33.8. The van der Waals surface area contributed by atoms with Crippen LogP contribution in [-0.4, -0.2) is 35.6 Å². The molecule has 2 N–H and O–H groups in total. The van der Waals surface area contributed by atoms with Gasteiger partial charge in [-0.15, -0.1) is 0 Å². The van der Waals surface area contributed by atoms with E-state index in [-0.39, 0.29) is 0 Å². The molecule has 3 nitrogen and oxygen atoms in total. The summed E-state index contributed by atoms with van der Waals surface area (Å²) >= 11 is 0. The minimum atomic E-state index is -1.02. The van der Waals surface area contributed by atoms with Crippen LogP contribution < -0.4 is 0 Å². The number of hydrogen-bond acceptors (Lipinski definition) is 3. The van der Waals surface area contributed by atoms with Crippen LogP contribution in [0.2, 0.25) is 0 Å². The molecule has 1 aliphatic rings. The van der Waals surface area contributed by atoms with Crippen molar-refractivity contribution in [3.8, 4) is 0 Å². The summed E-state index contributed by atoms with van der Waals surface area (Å²) in [6.45, 7) is 7.75. The molecule has 0 aromatic rings. The van der Waals surface area contributed by atoms with Crippen molar-refractivity contribution in [2.75, 3.05) is 13.7 Å². The molecule has 0 saturated heterocycles. The van der Waals surface area contributed by atoms with Gasteiger partial charge in [0.05, 0.1) is 18.3 Å². The molecule has 0 spiro atoms. The van der Waals surface area contributed by atoms with Gasteiger partial charge in [0.25, 0.3) is 0 Å². The smallest absolute Gasteiger partial charge is 0.0894 e. The molecule has 0 aliphatic heterocycles. The molecule has 0 aromatic carbocycles. The topological polar surface area (TPSA) is 49.7 Å². The van der Waals surface area contributed by atoms with E-state index in [4.69, 9.17) is 4.74 Å². The van der Waals surface area contributed by atoms with Gasteiger partial charge in [-0.05, 0) is 30.6 Å². The summed E-state index contributed by atoms with van der Waals surface area (Å²) in [5.41, 5.74) is 1.31. The molecule has 0 bridgehead atoms. The molecule has 2 unspecified atom stereocenters. The zero-order valence-electron chi connectivity index (χ0n) is 9.00. The van der Waals surface area contributed by atoms with Crippen LogP contribution in [0.3, 0.4) is 0 Å². The van der Waals surface area contributed by atoms with E-state index in [0.29, 0.717) is 18.6 Å². The molecule has 3 heteroatoms. The van der Waals surface area contributed by atoms with E-state index in [0.717, 1.165) is 11.1 Å². The number of ether oxygens (including phenoxy) is 1. The zero-order valence-corrected chi connectivity index (χ0v) is 9.00. The van der Waals surface area contributed by atoms with Gasteiger partial charge in [0.15, 0.2) is 0 Å². The van der Waals surface area contributed by atoms with E-state index >= 15 is 0 Å². The van der Waals surface area contributed by atoms with Crippen LogP contribution >= 0.6 is 0 Å². The lowest BCUT2D eigenvalue weighted by Crippen LogP contribution is -2.38. The second kappa shape index (κ2) is 3.85. The van der Waals surface area contributed by atoms with Crippen molar-refractivity contribution in [3.05, 3.63) is 23.3 Å². The van der Waals surface area contributed by atoms with E-state index in [1.807, 2.05) is 6.92 Å². The summed E-state index contributed by atoms with van der Waals surface area (Å²) in [5.74, 6) is 0. The van der Waals surface area contributed by atoms with Crippen molar-refractivity contribution in [1.29, 1.82) is 0 Å². The van der Waals surface area contributed by atoms with Gasteiger partial charge in [-0.25, -0.2) is 0 Å². The quantitative estimate of drug-likeness (QED) is 0.696. The van der Waals surface area contributed by atoms with Crippen LogP contribution in [-0.2, 0) is 4.74 Å². The predicted molar refractivity (Wildman–Crippen MR) is 55.0 cm³/mol. The average Bonchev–Trinajstić information content (AvgIpc) is 2.09. The number of methoxy groups -OCH3 is 1. The zero-order chi connectivity index (χ0) is 10.9. The minimum absolute atomic E-state index is 0.310. The fraction of sp³-hybridized carbons (Fsp3) is 0.636. The lowest BCUT2D eigenvalue weighted by molar-refractivity contribution is 0.0353. The van der Waals surface area contributed by atoms with E-state index in [9.17, 15) is 10.2 Å². The van der Waals surface area contributed by atoms with Crippen LogP contribution in [0.5, 0.6) is 0 Å². The van der Waals surface area contributed by atoms with Crippen LogP contribution in [0.15, 0.2) is 23.3 Å². The average molecular weight is 198 g/mol. The third kappa shape index (κ3) is 1.90. The molecule has 0 heterocycles. The van der Waals surface area contributed by atoms with Crippen molar-refractivity contribution in [1.82, 2.24) is 0 Å². The van der Waals surface area contributed by atoms with Crippen molar-refractivity contribution >= 4 is 0 Å². The first-order valence-electron chi connectivity index (χ1n) is 4.69. The van der Waals surface area contributed by atoms with Crippen molar-refractivity contribution in [3.63, 3.8) is 0 Å². The standard InChI is InChI=1S/C11H18O3/c1-7-9(6-14-4)8(2)11(3,13)5-10(7)12/h10,12-13H,2,5-6H2,1,3-4H3. The summed E-state index contributed by atoms with van der Waals surface area (Å²) in [4.78, 5) is 0. The fourth-order valence-corrected chi connectivity index (χ4v) is 1.76. The van der Waals surface area contributed by atoms with Gasteiger partial charge >= 0.3 is 0 Å². The Morgan fingerprint density at radius 1 is 1.64 bits per heavy atom. The number of rotatable bonds is 2. The molecule has 0 fully saturated rings. The van der Waals surface area contributed by atoms with Gasteiger partial charge in [-0.2, -0.15) is 0 Å². The maximum absolute atomic E-state index is 9.98. The van der Waals surface area contributed by atoms with E-state index in [1.54, 1.807) is 14.0 Å². The number of aliphatic hydroxyl groups is 2. The minimum Gasteiger partial charge on any atom is -0.389 e. The van der Waals surface area contributed by atoms with Gasteiger partial charge in [-0.3, -0.25) is 0 Å². The molecule has 1 aliphatic carbocycles. The SMILES string of the molecule is C=C1C(COC)=C(C)C(O)CC1(C)O. The Morgan fingerprint density at radius 3 is 2.71 bits per heavy atom. The van der Waals surface area contributed by atoms with Gasteiger partial charge in [0, 0.05) is 13.5 Å². The van der Waals surface area contributed by atoms with Gasteiger partial charge in [-0.1, -0.05) is 6.58 Å². The molecule has 0 radical (unpaired) electrons. The highest BCUT2D eigenvalue weighted by atomic mass is 16.5. The Bertz CT molecular complexity index is 276. The second-order valence-corrected chi connectivity index (χ2v) is 4.07. The fourth-order valence-electron chi connectivity index (χ4n) is 1.76. The molecule has 2 atom stereocenters. The molecule has 80 valence electrons. The van der Waals surface area contributed by atoms with Crippen LogP contribution in [0.1, 0.15) is 20.3 Å². The lowest BCUT2D eigenvalue weighted by atomic mass is 9.77. The van der Waals surface area contributed by atoms with Crippen LogP contribution in [0, 0.1) is 0 Å². The van der Waals surface area contributed by atoms with Crippen LogP contribution in [0.4, 0.5) is 0 Å². The molecule has 0 saturated carbocycles. The van der Waals surface area contributed by atoms with Gasteiger partial charge in [0.1, 0.15) is 0 Å². The van der Waals surface area contributed by atoms with E-state index < -0.39 is 11.7 Å². The number of aliphatic hydroxyl groups excluding tert-OH is 1. The van der Waals surface area contributed by atoms with Crippen molar-refractivity contribution in [2.45, 2.75) is 32.0 Å². The summed E-state index contributed by atoms with van der Waals surface area (Å²) in [7, 11) is 1.59. The van der Waals surface area contributed by atoms with E-state index in [1.165, 1.54) is 0 Å². The predicted octanol–water partition coefficient (Wildman–Crippen LogP) is 1.02. The highest BCUT2D eigenvalue weighted by Crippen LogP contribution is 2.36. The van der Waals surface area contributed by atoms with Crippen molar-refractivity contribution < 1.29 is 14.9 Å². The molecular weight excluding hydrogens is 180 g/mol.